The van der Waals surface area contributed by atoms with Crippen LogP contribution in [0.4, 0.5) is 0 Å². The van der Waals surface area contributed by atoms with Crippen LogP contribution in [0.2, 0.25) is 0 Å². The number of ether oxygens (including phenoxy) is 9. The van der Waals surface area contributed by atoms with E-state index in [0.29, 0.717) is 0 Å². The molecule has 5 heterocycles. The van der Waals surface area contributed by atoms with Crippen LogP contribution in [0.15, 0.2) is 0 Å². The second-order valence-electron chi connectivity index (χ2n) is 16.9. The van der Waals surface area contributed by atoms with Crippen LogP contribution < -0.4 is 10.6 Å². The van der Waals surface area contributed by atoms with E-state index in [9.17, 15) is 101 Å². The van der Waals surface area contributed by atoms with Crippen molar-refractivity contribution >= 4 is 17.8 Å². The maximum absolute atomic E-state index is 12.7. The van der Waals surface area contributed by atoms with Gasteiger partial charge in [0.05, 0.1) is 45.2 Å². The molecular formula is C37H62N2O29. The molecule has 31 nitrogen and oxygen atoms in total. The zero-order valence-electron chi connectivity index (χ0n) is 36.2. The van der Waals surface area contributed by atoms with Crippen LogP contribution in [-0.2, 0) is 57.0 Å². The summed E-state index contributed by atoms with van der Waals surface area (Å²) < 4.78 is 50.5. The van der Waals surface area contributed by atoms with Gasteiger partial charge in [-0.2, -0.15) is 0 Å². The Morgan fingerprint density at radius 2 is 1.13 bits per heavy atom. The highest BCUT2D eigenvalue weighted by atomic mass is 16.8. The average molecular weight is 999 g/mol. The number of hydrogen-bond acceptors (Lipinski definition) is 28. The lowest BCUT2D eigenvalue weighted by Crippen LogP contribution is -2.69. The van der Waals surface area contributed by atoms with Gasteiger partial charge in [0.2, 0.25) is 11.8 Å². The van der Waals surface area contributed by atoms with E-state index < -0.39 is 216 Å². The molecule has 5 fully saturated rings. The first-order valence-electron chi connectivity index (χ1n) is 21.2. The third kappa shape index (κ3) is 12.2. The standard InChI is InChI=1S/C37H62N2O29/c1-9(43)38-17-11(45)3-37(36(58)59,68-30(17)19(47)12(46)4-40)61-8-16-22(50)25(53)28(56)34(65-16)66-29-14(6-42)64-33(18(23(29)51)39-10(2)44)67-31-26(54)20(48)13(5-41)63-35(31)60-7-15-21(49)24(52)27(55)32(57)62-15/h11-35,40-42,45-57H,3-8H2,1-2H3,(H,38,43)(H,39,44)(H,58,59)/t11-,12+,13+,14+,15+,16+,17+,18+,19+,20+,21+,22-,23+,24-,25-,26-,27-,28+,29+,30+,31-,32?,33-,34-,35-,37+/m0/s1. The first kappa shape index (κ1) is 56.3. The van der Waals surface area contributed by atoms with E-state index in [-0.39, 0.29) is 0 Å². The number of rotatable bonds is 18. The Labute approximate surface area is 384 Å². The number of nitrogens with one attached hydrogen (secondary N) is 2. The molecule has 19 N–H and O–H groups in total. The van der Waals surface area contributed by atoms with Gasteiger partial charge < -0.3 is 140 Å². The molecule has 26 atom stereocenters. The smallest absolute Gasteiger partial charge is 0.364 e. The molecule has 5 saturated heterocycles. The highest BCUT2D eigenvalue weighted by molar-refractivity contribution is 5.76. The minimum absolute atomic E-state index is 0.772. The summed E-state index contributed by atoms with van der Waals surface area (Å²) in [7, 11) is 0. The summed E-state index contributed by atoms with van der Waals surface area (Å²) in [5, 5.41) is 183. The quantitative estimate of drug-likeness (QED) is 0.0606. The lowest BCUT2D eigenvalue weighted by atomic mass is 9.88. The SMILES string of the molecule is CC(=O)N[C@H]1[C@H](O[C@@H]2[C@@H](OC[C@H]3OC(O)[C@@H](O)[C@@H](O)[C@@H]3O)O[C@H](CO)[C@@H](O)[C@@H]2O)O[C@H](CO)[C@@H](O[C@@H]2O[C@H](CO[C@]3(C(=O)O)C[C@H](O)[C@@H](NC(C)=O)[C@H]([C@H](O)[C@H](O)CO)O3)[C@H](O)[C@H](O)[C@H]2O)[C@@H]1O. The van der Waals surface area contributed by atoms with E-state index in [1.165, 1.54) is 0 Å². The van der Waals surface area contributed by atoms with Crippen molar-refractivity contribution in [1.82, 2.24) is 10.6 Å². The van der Waals surface area contributed by atoms with E-state index in [2.05, 4.69) is 10.6 Å². The molecule has 0 spiro atoms. The molecule has 2 amide bonds. The normalized spacial score (nSPS) is 46.6. The fourth-order valence-corrected chi connectivity index (χ4v) is 8.30. The number of carbonyl (C=O) groups is 3. The molecule has 0 aliphatic carbocycles. The van der Waals surface area contributed by atoms with E-state index in [1.807, 2.05) is 0 Å². The van der Waals surface area contributed by atoms with Crippen LogP contribution in [0.25, 0.3) is 0 Å². The summed E-state index contributed by atoms with van der Waals surface area (Å²) >= 11 is 0. The Morgan fingerprint density at radius 3 is 1.71 bits per heavy atom. The first-order chi connectivity index (χ1) is 31.9. The molecule has 394 valence electrons. The van der Waals surface area contributed by atoms with Crippen molar-refractivity contribution in [3.8, 4) is 0 Å². The Hall–Kier alpha value is -2.59. The number of aliphatic hydroxyl groups is 16. The molecule has 31 heteroatoms. The summed E-state index contributed by atoms with van der Waals surface area (Å²) in [4.78, 5) is 37.1. The van der Waals surface area contributed by atoms with Gasteiger partial charge in [-0.3, -0.25) is 9.59 Å². The molecule has 68 heavy (non-hydrogen) atoms. The molecule has 5 aliphatic rings. The van der Waals surface area contributed by atoms with Gasteiger partial charge in [-0.15, -0.1) is 0 Å². The van der Waals surface area contributed by atoms with Crippen molar-refractivity contribution < 1.29 is 144 Å². The van der Waals surface area contributed by atoms with E-state index in [4.69, 9.17) is 42.6 Å². The Kier molecular flexibility index (Phi) is 19.7. The van der Waals surface area contributed by atoms with Gasteiger partial charge >= 0.3 is 5.97 Å². The molecule has 0 aromatic carbocycles. The molecule has 0 radical (unpaired) electrons. The van der Waals surface area contributed by atoms with Gasteiger partial charge in [-0.05, 0) is 0 Å². The largest absolute Gasteiger partial charge is 0.477 e. The van der Waals surface area contributed by atoms with E-state index in [1.54, 1.807) is 0 Å². The highest BCUT2D eigenvalue weighted by Gasteiger charge is 2.58. The lowest BCUT2D eigenvalue weighted by Gasteiger charge is -2.49. The second kappa shape index (κ2) is 23.8. The maximum atomic E-state index is 12.7. The second-order valence-corrected chi connectivity index (χ2v) is 16.9. The van der Waals surface area contributed by atoms with Gasteiger partial charge in [-0.25, -0.2) is 4.79 Å². The number of aliphatic carboxylic acids is 1. The third-order valence-electron chi connectivity index (χ3n) is 12.1. The number of amides is 2. The summed E-state index contributed by atoms with van der Waals surface area (Å²) in [6.07, 6.45) is -45.6. The van der Waals surface area contributed by atoms with Crippen LogP contribution in [0.5, 0.6) is 0 Å². The van der Waals surface area contributed by atoms with Gasteiger partial charge in [0, 0.05) is 20.3 Å². The van der Waals surface area contributed by atoms with Crippen molar-refractivity contribution in [3.05, 3.63) is 0 Å². The van der Waals surface area contributed by atoms with Crippen molar-refractivity contribution in [2.75, 3.05) is 33.0 Å². The van der Waals surface area contributed by atoms with E-state index >= 15 is 0 Å². The van der Waals surface area contributed by atoms with E-state index in [0.717, 1.165) is 13.8 Å². The van der Waals surface area contributed by atoms with Crippen LogP contribution in [0.1, 0.15) is 20.3 Å². The van der Waals surface area contributed by atoms with Gasteiger partial charge in [0.1, 0.15) is 116 Å². The van der Waals surface area contributed by atoms with Crippen LogP contribution in [0, 0.1) is 0 Å². The van der Waals surface area contributed by atoms with Crippen LogP contribution in [-0.4, -0.2) is 297 Å². The summed E-state index contributed by atoms with van der Waals surface area (Å²) in [6.45, 7) is -2.91. The fraction of sp³-hybridized carbons (Fsp3) is 0.919. The molecular weight excluding hydrogens is 936 g/mol. The zero-order chi connectivity index (χ0) is 50.7. The minimum atomic E-state index is -2.96. The van der Waals surface area contributed by atoms with Gasteiger partial charge in [0.15, 0.2) is 25.2 Å². The highest BCUT2D eigenvalue weighted by Crippen LogP contribution is 2.37. The number of carboxylic acids is 1. The van der Waals surface area contributed by atoms with Crippen molar-refractivity contribution in [1.29, 1.82) is 0 Å². The fourth-order valence-electron chi connectivity index (χ4n) is 8.30. The third-order valence-corrected chi connectivity index (χ3v) is 12.1. The first-order valence-corrected chi connectivity index (χ1v) is 21.2. The average Bonchev–Trinajstić information content (AvgIpc) is 3.29. The molecule has 0 aromatic heterocycles. The molecule has 0 aromatic rings. The number of carboxylic acid groups (broad SMARTS) is 1. The minimum Gasteiger partial charge on any atom is -0.477 e. The predicted molar refractivity (Wildman–Crippen MR) is 207 cm³/mol. The molecule has 1 unspecified atom stereocenters. The van der Waals surface area contributed by atoms with Crippen molar-refractivity contribution in [2.45, 2.75) is 179 Å². The summed E-state index contributed by atoms with van der Waals surface area (Å²) in [5.41, 5.74) is 0. The number of aliphatic hydroxyl groups excluding tert-OH is 16. The summed E-state index contributed by atoms with van der Waals surface area (Å²) in [5.74, 6) is -6.55. The number of carbonyl (C=O) groups excluding carboxylic acids is 2. The maximum Gasteiger partial charge on any atom is 0.364 e. The molecule has 5 aliphatic heterocycles. The zero-order valence-corrected chi connectivity index (χ0v) is 36.2. The Balaban J connectivity index is 1.34. The molecule has 0 bridgehead atoms. The Bertz CT molecular complexity index is 1660. The molecule has 5 rings (SSSR count). The van der Waals surface area contributed by atoms with Gasteiger partial charge in [-0.1, -0.05) is 0 Å². The Morgan fingerprint density at radius 1 is 0.603 bits per heavy atom. The van der Waals surface area contributed by atoms with Crippen LogP contribution >= 0.6 is 0 Å². The van der Waals surface area contributed by atoms with Crippen LogP contribution in [0.3, 0.4) is 0 Å². The topological polar surface area (TPSA) is 502 Å². The van der Waals surface area contributed by atoms with Crippen molar-refractivity contribution in [2.24, 2.45) is 0 Å². The number of hydrogen-bond donors (Lipinski definition) is 19. The predicted octanol–water partition coefficient (Wildman–Crippen LogP) is -12.4. The van der Waals surface area contributed by atoms with Gasteiger partial charge in [0.25, 0.3) is 5.79 Å². The monoisotopic (exact) mass is 998 g/mol. The molecule has 0 saturated carbocycles. The van der Waals surface area contributed by atoms with Crippen molar-refractivity contribution in [3.63, 3.8) is 0 Å². The summed E-state index contributed by atoms with van der Waals surface area (Å²) in [6, 6.07) is -3.35. The lowest BCUT2D eigenvalue weighted by molar-refractivity contribution is -0.378.